The van der Waals surface area contributed by atoms with Gasteiger partial charge in [0.15, 0.2) is 0 Å². The highest BCUT2D eigenvalue weighted by molar-refractivity contribution is 6.67. The highest BCUT2D eigenvalue weighted by Crippen LogP contribution is 2.29. The number of nitrogens with two attached hydrogens (primary N) is 2. The smallest absolute Gasteiger partial charge is 0.397 e. The van der Waals surface area contributed by atoms with E-state index in [0.717, 1.165) is 6.42 Å². The van der Waals surface area contributed by atoms with Crippen molar-refractivity contribution >= 4 is 8.56 Å². The van der Waals surface area contributed by atoms with Crippen molar-refractivity contribution in [3.8, 4) is 0 Å². The van der Waals surface area contributed by atoms with Gasteiger partial charge >= 0.3 is 14.7 Å². The normalized spacial score (nSPS) is 15.1. The van der Waals surface area contributed by atoms with Gasteiger partial charge in [-0.15, -0.1) is 0 Å². The summed E-state index contributed by atoms with van der Waals surface area (Å²) in [6, 6.07) is 1.34. The zero-order valence-corrected chi connectivity index (χ0v) is 14.9. The molecule has 0 aliphatic rings. The molecule has 1 unspecified atom stereocenters. The van der Waals surface area contributed by atoms with Gasteiger partial charge in [0.05, 0.1) is 19.8 Å². The standard InChI is InChI=1S/C13H32N2O5Si/c1-5-17-13(18-6-2,19-7-3)20-21(16-4,12-10-15)11-8-9-14/h5-12,14-15H2,1-4H3. The van der Waals surface area contributed by atoms with Crippen LogP contribution in [0.4, 0.5) is 0 Å². The van der Waals surface area contributed by atoms with Gasteiger partial charge in [-0.2, -0.15) is 0 Å². The number of hydrogen-bond acceptors (Lipinski definition) is 7. The molecule has 0 rings (SSSR count). The third-order valence-electron chi connectivity index (χ3n) is 2.93. The van der Waals surface area contributed by atoms with Crippen molar-refractivity contribution in [2.75, 3.05) is 40.0 Å². The Balaban J connectivity index is 5.22. The van der Waals surface area contributed by atoms with E-state index in [1.165, 1.54) is 0 Å². The fraction of sp³-hybridized carbons (Fsp3) is 1.00. The highest BCUT2D eigenvalue weighted by Gasteiger charge is 2.47. The molecule has 0 aromatic carbocycles. The summed E-state index contributed by atoms with van der Waals surface area (Å²) < 4.78 is 28.7. The van der Waals surface area contributed by atoms with Crippen molar-refractivity contribution in [3.05, 3.63) is 0 Å². The van der Waals surface area contributed by atoms with Crippen LogP contribution in [0.1, 0.15) is 27.2 Å². The lowest BCUT2D eigenvalue weighted by atomic mass is 10.5. The van der Waals surface area contributed by atoms with E-state index in [0.29, 0.717) is 45.0 Å². The van der Waals surface area contributed by atoms with E-state index in [1.807, 2.05) is 20.8 Å². The molecule has 128 valence electrons. The first-order valence-electron chi connectivity index (χ1n) is 7.64. The minimum atomic E-state index is -2.62. The lowest BCUT2D eigenvalue weighted by molar-refractivity contribution is -0.475. The van der Waals surface area contributed by atoms with E-state index in [4.69, 9.17) is 34.5 Å². The van der Waals surface area contributed by atoms with Crippen LogP contribution >= 0.6 is 0 Å². The fourth-order valence-corrected chi connectivity index (χ4v) is 4.80. The van der Waals surface area contributed by atoms with Gasteiger partial charge in [-0.1, -0.05) is 0 Å². The average Bonchev–Trinajstić information content (AvgIpc) is 2.46. The van der Waals surface area contributed by atoms with Crippen molar-refractivity contribution < 1.29 is 23.1 Å². The molecule has 0 radical (unpaired) electrons. The Hall–Kier alpha value is -0.0631. The number of rotatable bonds is 14. The number of hydrogen-bond donors (Lipinski definition) is 2. The average molecular weight is 324 g/mol. The van der Waals surface area contributed by atoms with Gasteiger partial charge in [0.1, 0.15) is 0 Å². The quantitative estimate of drug-likeness (QED) is 0.365. The molecule has 0 aromatic rings. The van der Waals surface area contributed by atoms with E-state index in [9.17, 15) is 0 Å². The molecule has 8 heteroatoms. The van der Waals surface area contributed by atoms with Crippen LogP contribution in [0.25, 0.3) is 0 Å². The molecule has 0 heterocycles. The second kappa shape index (κ2) is 11.5. The summed E-state index contributed by atoms with van der Waals surface area (Å²) in [5.41, 5.74) is 11.3. The lowest BCUT2D eigenvalue weighted by Gasteiger charge is -2.39. The van der Waals surface area contributed by atoms with Gasteiger partial charge in [0, 0.05) is 13.2 Å². The predicted octanol–water partition coefficient (Wildman–Crippen LogP) is 1.12. The summed E-state index contributed by atoms with van der Waals surface area (Å²) in [5, 5.41) is 0. The topological polar surface area (TPSA) is 98.2 Å². The van der Waals surface area contributed by atoms with Crippen molar-refractivity contribution in [1.29, 1.82) is 0 Å². The van der Waals surface area contributed by atoms with Gasteiger partial charge in [-0.3, -0.25) is 0 Å². The molecule has 0 saturated heterocycles. The van der Waals surface area contributed by atoms with Gasteiger partial charge in [0.2, 0.25) is 0 Å². The first-order chi connectivity index (χ1) is 10.1. The third-order valence-corrected chi connectivity index (χ3v) is 6.47. The van der Waals surface area contributed by atoms with Crippen LogP contribution in [0.15, 0.2) is 0 Å². The summed E-state index contributed by atoms with van der Waals surface area (Å²) >= 11 is 0. The van der Waals surface area contributed by atoms with Gasteiger partial charge in [-0.05, 0) is 46.3 Å². The van der Waals surface area contributed by atoms with Crippen LogP contribution in [-0.4, -0.2) is 54.7 Å². The van der Waals surface area contributed by atoms with E-state index in [2.05, 4.69) is 0 Å². The zero-order valence-electron chi connectivity index (χ0n) is 13.9. The molecule has 0 aromatic heterocycles. The first-order valence-corrected chi connectivity index (χ1v) is 9.87. The summed E-state index contributed by atoms with van der Waals surface area (Å²) in [4.78, 5) is 0. The molecule has 0 aliphatic carbocycles. The van der Waals surface area contributed by atoms with E-state index < -0.39 is 14.7 Å². The summed E-state index contributed by atoms with van der Waals surface area (Å²) in [5.74, 6) is 0. The van der Waals surface area contributed by atoms with Gasteiger partial charge < -0.3 is 34.5 Å². The van der Waals surface area contributed by atoms with E-state index in [1.54, 1.807) is 7.11 Å². The monoisotopic (exact) mass is 324 g/mol. The van der Waals surface area contributed by atoms with Crippen LogP contribution in [0.5, 0.6) is 0 Å². The summed E-state index contributed by atoms with van der Waals surface area (Å²) in [6.07, 6.45) is -0.731. The van der Waals surface area contributed by atoms with Crippen LogP contribution in [-0.2, 0) is 23.1 Å². The van der Waals surface area contributed by atoms with Crippen LogP contribution < -0.4 is 11.5 Å². The maximum Gasteiger partial charge on any atom is 0.404 e. The zero-order chi connectivity index (χ0) is 16.2. The van der Waals surface area contributed by atoms with Gasteiger partial charge in [0.25, 0.3) is 0 Å². The Morgan fingerprint density at radius 2 is 1.38 bits per heavy atom. The minimum absolute atomic E-state index is 0.397. The largest absolute Gasteiger partial charge is 0.404 e. The summed E-state index contributed by atoms with van der Waals surface area (Å²) in [6.45, 7) is 7.79. The number of ether oxygens (including phenoxy) is 3. The Morgan fingerprint density at radius 3 is 1.71 bits per heavy atom. The molecule has 0 aliphatic heterocycles. The molecule has 1 atom stereocenters. The van der Waals surface area contributed by atoms with E-state index >= 15 is 0 Å². The molecule has 21 heavy (non-hydrogen) atoms. The first kappa shape index (κ1) is 20.9. The second-order valence-corrected chi connectivity index (χ2v) is 7.88. The van der Waals surface area contributed by atoms with Crippen molar-refractivity contribution in [3.63, 3.8) is 0 Å². The van der Waals surface area contributed by atoms with Crippen molar-refractivity contribution in [1.82, 2.24) is 0 Å². The summed E-state index contributed by atoms with van der Waals surface area (Å²) in [7, 11) is -0.986. The Bertz CT molecular complexity index is 244. The van der Waals surface area contributed by atoms with Crippen LogP contribution in [0.2, 0.25) is 12.1 Å². The SMILES string of the molecule is CCOC(OCC)(OCC)O[Si](CCN)(CCCN)OC. The van der Waals surface area contributed by atoms with Crippen LogP contribution in [0, 0.1) is 0 Å². The molecule has 0 spiro atoms. The molecule has 7 nitrogen and oxygen atoms in total. The molecule has 0 saturated carbocycles. The Kier molecular flexibility index (Phi) is 11.5. The third kappa shape index (κ3) is 7.16. The second-order valence-electron chi connectivity index (χ2n) is 4.45. The van der Waals surface area contributed by atoms with Crippen molar-refractivity contribution in [2.45, 2.75) is 45.4 Å². The van der Waals surface area contributed by atoms with Crippen molar-refractivity contribution in [2.24, 2.45) is 11.5 Å². The highest BCUT2D eigenvalue weighted by atomic mass is 28.4. The Labute approximate surface area is 129 Å². The lowest BCUT2D eigenvalue weighted by Crippen LogP contribution is -2.55. The minimum Gasteiger partial charge on any atom is -0.397 e. The molecule has 0 fully saturated rings. The molecule has 4 N–H and O–H groups in total. The van der Waals surface area contributed by atoms with Gasteiger partial charge in [-0.25, -0.2) is 0 Å². The van der Waals surface area contributed by atoms with E-state index in [-0.39, 0.29) is 0 Å². The fourth-order valence-electron chi connectivity index (χ4n) is 2.04. The molecule has 0 amide bonds. The van der Waals surface area contributed by atoms with Crippen LogP contribution in [0.3, 0.4) is 0 Å². The maximum absolute atomic E-state index is 6.15. The molecular formula is C13H32N2O5Si. The molecule has 0 bridgehead atoms. The molecular weight excluding hydrogens is 292 g/mol. The Morgan fingerprint density at radius 1 is 0.857 bits per heavy atom. The maximum atomic E-state index is 6.15. The predicted molar refractivity (Wildman–Crippen MR) is 83.8 cm³/mol.